The molecule has 0 saturated heterocycles. The van der Waals surface area contributed by atoms with Crippen LogP contribution < -0.4 is 10.5 Å². The zero-order chi connectivity index (χ0) is 13.1. The van der Waals surface area contributed by atoms with Crippen molar-refractivity contribution in [1.82, 2.24) is 9.78 Å². The SMILES string of the molecule is COc1ccc(-c2nn(C)cc2CCN)c(Cl)c1. The number of halogens is 1. The zero-order valence-corrected chi connectivity index (χ0v) is 11.2. The van der Waals surface area contributed by atoms with Crippen molar-refractivity contribution in [2.75, 3.05) is 13.7 Å². The van der Waals surface area contributed by atoms with Crippen LogP contribution in [0.25, 0.3) is 11.3 Å². The van der Waals surface area contributed by atoms with Crippen molar-refractivity contribution in [2.45, 2.75) is 6.42 Å². The van der Waals surface area contributed by atoms with Gasteiger partial charge in [0, 0.05) is 18.8 Å². The first-order valence-electron chi connectivity index (χ1n) is 5.72. The van der Waals surface area contributed by atoms with Crippen molar-refractivity contribution in [3.63, 3.8) is 0 Å². The monoisotopic (exact) mass is 265 g/mol. The van der Waals surface area contributed by atoms with E-state index in [0.717, 1.165) is 29.0 Å². The third-order valence-electron chi connectivity index (χ3n) is 2.75. The molecule has 0 saturated carbocycles. The predicted octanol–water partition coefficient (Wildman–Crippen LogP) is 2.25. The molecule has 0 spiro atoms. The van der Waals surface area contributed by atoms with Crippen LogP contribution in [0.2, 0.25) is 5.02 Å². The van der Waals surface area contributed by atoms with Crippen molar-refractivity contribution in [2.24, 2.45) is 12.8 Å². The fraction of sp³-hybridized carbons (Fsp3) is 0.308. The molecule has 0 amide bonds. The molecule has 0 aliphatic rings. The summed E-state index contributed by atoms with van der Waals surface area (Å²) in [5.74, 6) is 0.736. The lowest BCUT2D eigenvalue weighted by Crippen LogP contribution is -2.03. The predicted molar refractivity (Wildman–Crippen MR) is 73.0 cm³/mol. The maximum atomic E-state index is 6.26. The van der Waals surface area contributed by atoms with E-state index < -0.39 is 0 Å². The second-order valence-electron chi connectivity index (χ2n) is 4.06. The topological polar surface area (TPSA) is 53.1 Å². The molecule has 0 fully saturated rings. The molecule has 0 unspecified atom stereocenters. The molecule has 1 aromatic carbocycles. The van der Waals surface area contributed by atoms with E-state index in [1.807, 2.05) is 25.4 Å². The van der Waals surface area contributed by atoms with Gasteiger partial charge in [-0.1, -0.05) is 11.6 Å². The van der Waals surface area contributed by atoms with Gasteiger partial charge in [-0.25, -0.2) is 0 Å². The lowest BCUT2D eigenvalue weighted by atomic mass is 10.1. The van der Waals surface area contributed by atoms with E-state index in [-0.39, 0.29) is 0 Å². The van der Waals surface area contributed by atoms with Crippen molar-refractivity contribution >= 4 is 11.6 Å². The third kappa shape index (κ3) is 2.49. The molecule has 2 aromatic rings. The highest BCUT2D eigenvalue weighted by atomic mass is 35.5. The van der Waals surface area contributed by atoms with Crippen molar-refractivity contribution in [3.8, 4) is 17.0 Å². The molecule has 18 heavy (non-hydrogen) atoms. The third-order valence-corrected chi connectivity index (χ3v) is 3.06. The molecule has 5 heteroatoms. The minimum absolute atomic E-state index is 0.590. The van der Waals surface area contributed by atoms with Crippen molar-refractivity contribution in [1.29, 1.82) is 0 Å². The van der Waals surface area contributed by atoms with E-state index in [1.165, 1.54) is 0 Å². The number of benzene rings is 1. The maximum Gasteiger partial charge on any atom is 0.120 e. The summed E-state index contributed by atoms with van der Waals surface area (Å²) in [4.78, 5) is 0. The average molecular weight is 266 g/mol. The van der Waals surface area contributed by atoms with Crippen molar-refractivity contribution in [3.05, 3.63) is 35.0 Å². The van der Waals surface area contributed by atoms with Crippen LogP contribution in [0.15, 0.2) is 24.4 Å². The van der Waals surface area contributed by atoms with Gasteiger partial charge in [-0.05, 0) is 36.7 Å². The van der Waals surface area contributed by atoms with Crippen LogP contribution in [0.5, 0.6) is 5.75 Å². The van der Waals surface area contributed by atoms with Gasteiger partial charge in [-0.2, -0.15) is 5.10 Å². The number of aromatic nitrogens is 2. The van der Waals surface area contributed by atoms with Crippen LogP contribution in [0, 0.1) is 0 Å². The molecule has 0 aliphatic carbocycles. The molecule has 0 bridgehead atoms. The average Bonchev–Trinajstić information content (AvgIpc) is 2.70. The fourth-order valence-corrected chi connectivity index (χ4v) is 2.18. The Labute approximate surface area is 111 Å². The standard InChI is InChI=1S/C13H16ClN3O/c1-17-8-9(5-6-15)13(16-17)11-4-3-10(18-2)7-12(11)14/h3-4,7-8H,5-6,15H2,1-2H3. The molecular formula is C13H16ClN3O. The number of hydrogen-bond acceptors (Lipinski definition) is 3. The number of hydrogen-bond donors (Lipinski definition) is 1. The van der Waals surface area contributed by atoms with Gasteiger partial charge in [0.25, 0.3) is 0 Å². The van der Waals surface area contributed by atoms with E-state index >= 15 is 0 Å². The van der Waals surface area contributed by atoms with Gasteiger partial charge in [-0.15, -0.1) is 0 Å². The Bertz CT molecular complexity index is 551. The first-order chi connectivity index (χ1) is 8.65. The van der Waals surface area contributed by atoms with Crippen LogP contribution >= 0.6 is 11.6 Å². The second kappa shape index (κ2) is 5.42. The zero-order valence-electron chi connectivity index (χ0n) is 10.5. The van der Waals surface area contributed by atoms with Crippen molar-refractivity contribution < 1.29 is 4.74 Å². The van der Waals surface area contributed by atoms with Gasteiger partial charge in [0.05, 0.1) is 17.8 Å². The largest absolute Gasteiger partial charge is 0.497 e. The lowest BCUT2D eigenvalue weighted by Gasteiger charge is -2.06. The molecule has 2 rings (SSSR count). The highest BCUT2D eigenvalue weighted by Gasteiger charge is 2.13. The fourth-order valence-electron chi connectivity index (χ4n) is 1.92. The summed E-state index contributed by atoms with van der Waals surface area (Å²) >= 11 is 6.26. The summed E-state index contributed by atoms with van der Waals surface area (Å²) in [6, 6.07) is 5.59. The molecule has 0 radical (unpaired) electrons. The normalized spacial score (nSPS) is 10.7. The first-order valence-corrected chi connectivity index (χ1v) is 6.10. The Morgan fingerprint density at radius 1 is 1.44 bits per heavy atom. The molecule has 0 atom stereocenters. The summed E-state index contributed by atoms with van der Waals surface area (Å²) in [5.41, 5.74) is 8.50. The molecule has 1 heterocycles. The molecule has 96 valence electrons. The van der Waals surface area contributed by atoms with Gasteiger partial charge >= 0.3 is 0 Å². The summed E-state index contributed by atoms with van der Waals surface area (Å²) in [7, 11) is 3.51. The molecular weight excluding hydrogens is 250 g/mol. The molecule has 0 aliphatic heterocycles. The number of rotatable bonds is 4. The van der Waals surface area contributed by atoms with E-state index in [2.05, 4.69) is 5.10 Å². The lowest BCUT2D eigenvalue weighted by molar-refractivity contribution is 0.415. The van der Waals surface area contributed by atoms with Crippen LogP contribution in [0.3, 0.4) is 0 Å². The van der Waals surface area contributed by atoms with E-state index in [9.17, 15) is 0 Å². The maximum absolute atomic E-state index is 6.26. The highest BCUT2D eigenvalue weighted by Crippen LogP contribution is 2.32. The van der Waals surface area contributed by atoms with E-state index in [1.54, 1.807) is 17.9 Å². The van der Waals surface area contributed by atoms with Gasteiger partial charge < -0.3 is 10.5 Å². The van der Waals surface area contributed by atoms with Gasteiger partial charge in [-0.3, -0.25) is 4.68 Å². The molecule has 2 N–H and O–H groups in total. The van der Waals surface area contributed by atoms with Crippen LogP contribution in [-0.4, -0.2) is 23.4 Å². The summed E-state index contributed by atoms with van der Waals surface area (Å²) in [6.07, 6.45) is 2.76. The number of ether oxygens (including phenoxy) is 1. The molecule has 1 aromatic heterocycles. The Morgan fingerprint density at radius 3 is 2.83 bits per heavy atom. The first kappa shape index (κ1) is 12.9. The van der Waals surface area contributed by atoms with E-state index in [0.29, 0.717) is 11.6 Å². The summed E-state index contributed by atoms with van der Waals surface area (Å²) in [6.45, 7) is 0.590. The Balaban J connectivity index is 2.47. The highest BCUT2D eigenvalue weighted by molar-refractivity contribution is 6.33. The van der Waals surface area contributed by atoms with Gasteiger partial charge in [0.1, 0.15) is 5.75 Å². The van der Waals surface area contributed by atoms with E-state index in [4.69, 9.17) is 22.1 Å². The Kier molecular flexibility index (Phi) is 3.89. The van der Waals surface area contributed by atoms with Gasteiger partial charge in [0.2, 0.25) is 0 Å². The smallest absolute Gasteiger partial charge is 0.120 e. The summed E-state index contributed by atoms with van der Waals surface area (Å²) in [5, 5.41) is 5.08. The van der Waals surface area contributed by atoms with Crippen LogP contribution in [0.1, 0.15) is 5.56 Å². The van der Waals surface area contributed by atoms with Crippen LogP contribution in [0.4, 0.5) is 0 Å². The number of aryl methyl sites for hydroxylation is 1. The minimum Gasteiger partial charge on any atom is -0.497 e. The summed E-state index contributed by atoms with van der Waals surface area (Å²) < 4.78 is 6.92. The number of nitrogens with two attached hydrogens (primary N) is 1. The molecule has 4 nitrogen and oxygen atoms in total. The Hall–Kier alpha value is -1.52. The van der Waals surface area contributed by atoms with Crippen LogP contribution in [-0.2, 0) is 13.5 Å². The quantitative estimate of drug-likeness (QED) is 0.923. The Morgan fingerprint density at radius 2 is 2.22 bits per heavy atom. The number of nitrogens with zero attached hydrogens (tertiary/aromatic N) is 2. The second-order valence-corrected chi connectivity index (χ2v) is 4.47. The minimum atomic E-state index is 0.590. The number of methoxy groups -OCH3 is 1. The van der Waals surface area contributed by atoms with Gasteiger partial charge in [0.15, 0.2) is 0 Å².